The van der Waals surface area contributed by atoms with Gasteiger partial charge in [-0.05, 0) is 42.8 Å². The highest BCUT2D eigenvalue weighted by atomic mass is 35.5. The zero-order valence-electron chi connectivity index (χ0n) is 17.1. The van der Waals surface area contributed by atoms with Crippen LogP contribution in [0.3, 0.4) is 0 Å². The van der Waals surface area contributed by atoms with E-state index in [9.17, 15) is 22.4 Å². The molecule has 1 N–H and O–H groups in total. The molecule has 2 aromatic carbocycles. The van der Waals surface area contributed by atoms with E-state index in [4.69, 9.17) is 23.2 Å². The van der Waals surface area contributed by atoms with Gasteiger partial charge in [0, 0.05) is 18.6 Å². The molecule has 0 saturated heterocycles. The molecule has 168 valence electrons. The highest BCUT2D eigenvalue weighted by Gasteiger charge is 2.30. The molecule has 11 heteroatoms. The lowest BCUT2D eigenvalue weighted by atomic mass is 10.1. The first kappa shape index (κ1) is 24.9. The van der Waals surface area contributed by atoms with Gasteiger partial charge in [0.05, 0.1) is 17.0 Å². The molecule has 0 radical (unpaired) electrons. The summed E-state index contributed by atoms with van der Waals surface area (Å²) in [5.74, 6) is -1.78. The number of anilines is 1. The molecule has 31 heavy (non-hydrogen) atoms. The van der Waals surface area contributed by atoms with Crippen molar-refractivity contribution in [3.05, 3.63) is 63.9 Å². The van der Waals surface area contributed by atoms with Gasteiger partial charge in [0.1, 0.15) is 18.4 Å². The van der Waals surface area contributed by atoms with Crippen molar-refractivity contribution in [3.8, 4) is 0 Å². The molecular formula is C20H22Cl2FN3O4S. The van der Waals surface area contributed by atoms with E-state index in [1.165, 1.54) is 24.9 Å². The summed E-state index contributed by atoms with van der Waals surface area (Å²) < 4.78 is 39.1. The van der Waals surface area contributed by atoms with Gasteiger partial charge >= 0.3 is 0 Å². The van der Waals surface area contributed by atoms with Gasteiger partial charge in [-0.1, -0.05) is 35.3 Å². The Morgan fingerprint density at radius 2 is 1.84 bits per heavy atom. The molecule has 2 amide bonds. The van der Waals surface area contributed by atoms with Crippen molar-refractivity contribution in [3.63, 3.8) is 0 Å². The minimum absolute atomic E-state index is 0.0236. The zero-order chi connectivity index (χ0) is 23.3. The van der Waals surface area contributed by atoms with Gasteiger partial charge < -0.3 is 10.2 Å². The minimum atomic E-state index is -3.92. The van der Waals surface area contributed by atoms with Gasteiger partial charge in [0.15, 0.2) is 0 Å². The standard InChI is InChI=1S/C20H22Cl2FN3O4S/c1-13(20(28)24-2)25(11-14-5-4-6-15(21)9-14)19(27)12-26(31(3,29)30)16-7-8-18(23)17(22)10-16/h4-10,13H,11-12H2,1-3H3,(H,24,28). The normalized spacial score (nSPS) is 12.2. The summed E-state index contributed by atoms with van der Waals surface area (Å²) in [5.41, 5.74) is 0.685. The minimum Gasteiger partial charge on any atom is -0.357 e. The fourth-order valence-electron chi connectivity index (χ4n) is 2.88. The van der Waals surface area contributed by atoms with Gasteiger partial charge in [0.2, 0.25) is 21.8 Å². The van der Waals surface area contributed by atoms with Crippen LogP contribution in [0.15, 0.2) is 42.5 Å². The molecule has 0 spiro atoms. The predicted octanol–water partition coefficient (Wildman–Crippen LogP) is 3.06. The number of likely N-dealkylation sites (N-methyl/N-ethyl adjacent to an activating group) is 1. The van der Waals surface area contributed by atoms with E-state index in [-0.39, 0.29) is 17.3 Å². The first-order valence-electron chi connectivity index (χ1n) is 9.12. The fourth-order valence-corrected chi connectivity index (χ4v) is 4.11. The third-order valence-electron chi connectivity index (χ3n) is 4.53. The van der Waals surface area contributed by atoms with E-state index in [1.807, 2.05) is 0 Å². The maximum absolute atomic E-state index is 13.5. The van der Waals surface area contributed by atoms with E-state index in [2.05, 4.69) is 5.32 Å². The maximum Gasteiger partial charge on any atom is 0.244 e. The first-order valence-corrected chi connectivity index (χ1v) is 11.7. The van der Waals surface area contributed by atoms with E-state index >= 15 is 0 Å². The van der Waals surface area contributed by atoms with E-state index in [0.29, 0.717) is 10.6 Å². The number of carbonyl (C=O) groups is 2. The summed E-state index contributed by atoms with van der Waals surface area (Å²) in [4.78, 5) is 26.6. The second-order valence-corrected chi connectivity index (χ2v) is 9.56. The number of amides is 2. The Bertz CT molecular complexity index is 1080. The molecule has 0 heterocycles. The molecule has 1 atom stereocenters. The van der Waals surface area contributed by atoms with Crippen molar-refractivity contribution >= 4 is 50.7 Å². The Morgan fingerprint density at radius 1 is 1.16 bits per heavy atom. The second-order valence-electron chi connectivity index (χ2n) is 6.81. The highest BCUT2D eigenvalue weighted by molar-refractivity contribution is 7.92. The molecule has 0 bridgehead atoms. The van der Waals surface area contributed by atoms with Gasteiger partial charge in [-0.2, -0.15) is 0 Å². The van der Waals surface area contributed by atoms with Gasteiger partial charge in [-0.3, -0.25) is 13.9 Å². The lowest BCUT2D eigenvalue weighted by Crippen LogP contribution is -2.50. The van der Waals surface area contributed by atoms with Crippen molar-refractivity contribution in [2.45, 2.75) is 19.5 Å². The van der Waals surface area contributed by atoms with Crippen LogP contribution in [0.25, 0.3) is 0 Å². The van der Waals surface area contributed by atoms with Crippen LogP contribution in [0.5, 0.6) is 0 Å². The molecule has 2 rings (SSSR count). The molecule has 0 aliphatic rings. The number of hydrogen-bond acceptors (Lipinski definition) is 4. The number of carbonyl (C=O) groups excluding carboxylic acids is 2. The van der Waals surface area contributed by atoms with Crippen LogP contribution in [0, 0.1) is 5.82 Å². The third kappa shape index (κ3) is 6.56. The van der Waals surface area contributed by atoms with Crippen LogP contribution in [0.2, 0.25) is 10.0 Å². The summed E-state index contributed by atoms with van der Waals surface area (Å²) in [6.07, 6.45) is 0.918. The molecule has 2 aromatic rings. The van der Waals surface area contributed by atoms with Crippen LogP contribution in [-0.4, -0.2) is 51.0 Å². The van der Waals surface area contributed by atoms with E-state index < -0.39 is 40.2 Å². The fraction of sp³-hybridized carbons (Fsp3) is 0.300. The van der Waals surface area contributed by atoms with Crippen molar-refractivity contribution in [1.29, 1.82) is 0 Å². The molecular weight excluding hydrogens is 468 g/mol. The summed E-state index contributed by atoms with van der Waals surface area (Å²) in [6, 6.07) is 9.20. The number of halogens is 3. The number of nitrogens with one attached hydrogen (secondary N) is 1. The Labute approximate surface area is 190 Å². The first-order chi connectivity index (χ1) is 14.4. The van der Waals surface area contributed by atoms with Crippen molar-refractivity contribution in [1.82, 2.24) is 10.2 Å². The largest absolute Gasteiger partial charge is 0.357 e. The number of sulfonamides is 1. The zero-order valence-corrected chi connectivity index (χ0v) is 19.4. The van der Waals surface area contributed by atoms with Crippen LogP contribution in [0.4, 0.5) is 10.1 Å². The number of rotatable bonds is 8. The van der Waals surface area contributed by atoms with Crippen LogP contribution in [0.1, 0.15) is 12.5 Å². The second kappa shape index (κ2) is 10.3. The Kier molecular flexibility index (Phi) is 8.27. The van der Waals surface area contributed by atoms with E-state index in [0.717, 1.165) is 22.7 Å². The average molecular weight is 490 g/mol. The molecule has 7 nitrogen and oxygen atoms in total. The van der Waals surface area contributed by atoms with Crippen LogP contribution < -0.4 is 9.62 Å². The molecule has 0 aromatic heterocycles. The van der Waals surface area contributed by atoms with Crippen molar-refractivity contribution in [2.75, 3.05) is 24.2 Å². The van der Waals surface area contributed by atoms with Crippen LogP contribution in [-0.2, 0) is 26.2 Å². The highest BCUT2D eigenvalue weighted by Crippen LogP contribution is 2.25. The monoisotopic (exact) mass is 489 g/mol. The smallest absolute Gasteiger partial charge is 0.244 e. The molecule has 0 fully saturated rings. The molecule has 1 unspecified atom stereocenters. The number of nitrogens with zero attached hydrogens (tertiary/aromatic N) is 2. The third-order valence-corrected chi connectivity index (χ3v) is 6.19. The summed E-state index contributed by atoms with van der Waals surface area (Å²) in [7, 11) is -2.49. The number of hydrogen-bond donors (Lipinski definition) is 1. The lowest BCUT2D eigenvalue weighted by molar-refractivity contribution is -0.139. The average Bonchev–Trinajstić information content (AvgIpc) is 2.70. The van der Waals surface area contributed by atoms with Gasteiger partial charge in [-0.15, -0.1) is 0 Å². The SMILES string of the molecule is CNC(=O)C(C)N(Cc1cccc(Cl)c1)C(=O)CN(c1ccc(F)c(Cl)c1)S(C)(=O)=O. The quantitative estimate of drug-likeness (QED) is 0.617. The topological polar surface area (TPSA) is 86.8 Å². The van der Waals surface area contributed by atoms with Crippen molar-refractivity contribution < 1.29 is 22.4 Å². The Hall–Kier alpha value is -2.36. The summed E-state index contributed by atoms with van der Waals surface area (Å²) in [6.45, 7) is 0.944. The number of benzene rings is 2. The van der Waals surface area contributed by atoms with Crippen LogP contribution >= 0.6 is 23.2 Å². The lowest BCUT2D eigenvalue weighted by Gasteiger charge is -2.31. The molecule has 0 aliphatic carbocycles. The van der Waals surface area contributed by atoms with Gasteiger partial charge in [-0.25, -0.2) is 12.8 Å². The predicted molar refractivity (Wildman–Crippen MR) is 119 cm³/mol. The summed E-state index contributed by atoms with van der Waals surface area (Å²) in [5, 5.41) is 2.65. The Balaban J connectivity index is 2.40. The summed E-state index contributed by atoms with van der Waals surface area (Å²) >= 11 is 11.8. The van der Waals surface area contributed by atoms with Gasteiger partial charge in [0.25, 0.3) is 0 Å². The van der Waals surface area contributed by atoms with Crippen molar-refractivity contribution in [2.24, 2.45) is 0 Å². The Morgan fingerprint density at radius 3 is 2.39 bits per heavy atom. The maximum atomic E-state index is 13.5. The molecule has 0 saturated carbocycles. The molecule has 0 aliphatic heterocycles. The van der Waals surface area contributed by atoms with E-state index in [1.54, 1.807) is 24.3 Å².